The second-order valence-electron chi connectivity index (χ2n) is 3.36. The molecule has 2 N–H and O–H groups in total. The van der Waals surface area contributed by atoms with E-state index in [0.29, 0.717) is 11.3 Å². The standard InChI is InChI=1S/C11H14ClNO2/c1-8(6-12)11(15)13-10-5-3-2-4-9(10)7-14/h2-5,8,14H,6-7H2,1H3,(H,13,15). The molecule has 82 valence electrons. The SMILES string of the molecule is CC(CCl)C(=O)Nc1ccccc1CO. The molecule has 0 bridgehead atoms. The minimum Gasteiger partial charge on any atom is -0.392 e. The Morgan fingerprint density at radius 3 is 2.80 bits per heavy atom. The highest BCUT2D eigenvalue weighted by Crippen LogP contribution is 2.15. The van der Waals surface area contributed by atoms with Crippen molar-refractivity contribution in [3.8, 4) is 0 Å². The Balaban J connectivity index is 2.76. The summed E-state index contributed by atoms with van der Waals surface area (Å²) >= 11 is 5.58. The molecule has 4 heteroatoms. The third-order valence-corrected chi connectivity index (χ3v) is 2.59. The van der Waals surface area contributed by atoms with E-state index in [9.17, 15) is 4.79 Å². The lowest BCUT2D eigenvalue weighted by Gasteiger charge is -2.11. The van der Waals surface area contributed by atoms with Crippen LogP contribution in [-0.2, 0) is 11.4 Å². The number of benzene rings is 1. The van der Waals surface area contributed by atoms with Gasteiger partial charge in [0.15, 0.2) is 0 Å². The van der Waals surface area contributed by atoms with Gasteiger partial charge >= 0.3 is 0 Å². The molecule has 1 rings (SSSR count). The van der Waals surface area contributed by atoms with E-state index in [1.807, 2.05) is 6.07 Å². The smallest absolute Gasteiger partial charge is 0.228 e. The van der Waals surface area contributed by atoms with Crippen molar-refractivity contribution < 1.29 is 9.90 Å². The van der Waals surface area contributed by atoms with Crippen molar-refractivity contribution in [2.75, 3.05) is 11.2 Å². The molecule has 1 amide bonds. The molecule has 0 saturated carbocycles. The predicted molar refractivity (Wildman–Crippen MR) is 60.9 cm³/mol. The summed E-state index contributed by atoms with van der Waals surface area (Å²) < 4.78 is 0. The van der Waals surface area contributed by atoms with Crippen LogP contribution >= 0.6 is 11.6 Å². The lowest BCUT2D eigenvalue weighted by molar-refractivity contribution is -0.118. The van der Waals surface area contributed by atoms with E-state index in [1.54, 1.807) is 25.1 Å². The van der Waals surface area contributed by atoms with Gasteiger partial charge in [-0.25, -0.2) is 0 Å². The number of hydrogen-bond donors (Lipinski definition) is 2. The summed E-state index contributed by atoms with van der Waals surface area (Å²) in [5.41, 5.74) is 1.34. The van der Waals surface area contributed by atoms with Crippen LogP contribution in [0.4, 0.5) is 5.69 Å². The molecule has 1 aromatic rings. The summed E-state index contributed by atoms with van der Waals surface area (Å²) in [7, 11) is 0. The molecule has 0 aromatic heterocycles. The van der Waals surface area contributed by atoms with Crippen LogP contribution in [0.5, 0.6) is 0 Å². The molecule has 1 aromatic carbocycles. The number of halogens is 1. The van der Waals surface area contributed by atoms with Gasteiger partial charge in [-0.3, -0.25) is 4.79 Å². The van der Waals surface area contributed by atoms with Gasteiger partial charge in [0.05, 0.1) is 6.61 Å². The Kier molecular flexibility index (Phi) is 4.59. The number of carbonyl (C=O) groups is 1. The van der Waals surface area contributed by atoms with Crippen LogP contribution in [0.15, 0.2) is 24.3 Å². The van der Waals surface area contributed by atoms with E-state index < -0.39 is 0 Å². The molecule has 0 aliphatic carbocycles. The summed E-state index contributed by atoms with van der Waals surface area (Å²) in [6.45, 7) is 1.66. The molecular formula is C11H14ClNO2. The number of hydrogen-bond acceptors (Lipinski definition) is 2. The van der Waals surface area contributed by atoms with Gasteiger partial charge in [-0.1, -0.05) is 25.1 Å². The van der Waals surface area contributed by atoms with Crippen LogP contribution in [0, 0.1) is 5.92 Å². The summed E-state index contributed by atoms with van der Waals surface area (Å²) in [4.78, 5) is 11.5. The first kappa shape index (κ1) is 12.0. The van der Waals surface area contributed by atoms with Crippen LogP contribution in [0.25, 0.3) is 0 Å². The monoisotopic (exact) mass is 227 g/mol. The van der Waals surface area contributed by atoms with Crippen molar-refractivity contribution >= 4 is 23.2 Å². The highest BCUT2D eigenvalue weighted by atomic mass is 35.5. The highest BCUT2D eigenvalue weighted by Gasteiger charge is 2.12. The fourth-order valence-corrected chi connectivity index (χ4v) is 1.25. The second-order valence-corrected chi connectivity index (χ2v) is 3.67. The lowest BCUT2D eigenvalue weighted by atomic mass is 10.1. The summed E-state index contributed by atoms with van der Waals surface area (Å²) in [5, 5.41) is 11.8. The van der Waals surface area contributed by atoms with Gasteiger partial charge in [-0.05, 0) is 6.07 Å². The van der Waals surface area contributed by atoms with Gasteiger partial charge in [-0.2, -0.15) is 0 Å². The Hall–Kier alpha value is -1.06. The van der Waals surface area contributed by atoms with E-state index in [0.717, 1.165) is 0 Å². The van der Waals surface area contributed by atoms with Crippen molar-refractivity contribution in [3.05, 3.63) is 29.8 Å². The van der Waals surface area contributed by atoms with Crippen LogP contribution in [0.1, 0.15) is 12.5 Å². The first-order valence-electron chi connectivity index (χ1n) is 4.74. The first-order chi connectivity index (χ1) is 7.19. The fraction of sp³-hybridized carbons (Fsp3) is 0.364. The number of amides is 1. The van der Waals surface area contributed by atoms with Gasteiger partial charge in [-0.15, -0.1) is 11.6 Å². The van der Waals surface area contributed by atoms with Crippen molar-refractivity contribution in [3.63, 3.8) is 0 Å². The third kappa shape index (κ3) is 3.22. The van der Waals surface area contributed by atoms with Gasteiger partial charge in [0.2, 0.25) is 5.91 Å². The maximum Gasteiger partial charge on any atom is 0.228 e. The zero-order chi connectivity index (χ0) is 11.3. The van der Waals surface area contributed by atoms with Crippen molar-refractivity contribution in [2.24, 2.45) is 5.92 Å². The molecule has 1 unspecified atom stereocenters. The Morgan fingerprint density at radius 2 is 2.20 bits per heavy atom. The molecule has 0 saturated heterocycles. The van der Waals surface area contributed by atoms with E-state index in [2.05, 4.69) is 5.32 Å². The zero-order valence-electron chi connectivity index (χ0n) is 8.53. The van der Waals surface area contributed by atoms with Gasteiger partial charge in [0, 0.05) is 23.0 Å². The Labute approximate surface area is 94.1 Å². The molecule has 0 heterocycles. The van der Waals surface area contributed by atoms with Crippen molar-refractivity contribution in [1.82, 2.24) is 0 Å². The molecule has 0 radical (unpaired) electrons. The van der Waals surface area contributed by atoms with E-state index in [4.69, 9.17) is 16.7 Å². The fourth-order valence-electron chi connectivity index (χ4n) is 1.11. The topological polar surface area (TPSA) is 49.3 Å². The number of aliphatic hydroxyl groups is 1. The number of carbonyl (C=O) groups excluding carboxylic acids is 1. The zero-order valence-corrected chi connectivity index (χ0v) is 9.29. The van der Waals surface area contributed by atoms with Gasteiger partial charge in [0.25, 0.3) is 0 Å². The van der Waals surface area contributed by atoms with Crippen LogP contribution < -0.4 is 5.32 Å². The predicted octanol–water partition coefficient (Wildman–Crippen LogP) is 1.99. The minimum absolute atomic E-state index is 0.0916. The number of rotatable bonds is 4. The first-order valence-corrected chi connectivity index (χ1v) is 5.28. The van der Waals surface area contributed by atoms with Crippen LogP contribution in [-0.4, -0.2) is 16.9 Å². The number of alkyl halides is 1. The summed E-state index contributed by atoms with van der Waals surface area (Å²) in [5.74, 6) is -0.0862. The average Bonchev–Trinajstić information content (AvgIpc) is 2.28. The Morgan fingerprint density at radius 1 is 1.53 bits per heavy atom. The highest BCUT2D eigenvalue weighted by molar-refractivity contribution is 6.19. The van der Waals surface area contributed by atoms with Crippen molar-refractivity contribution in [1.29, 1.82) is 0 Å². The molecule has 1 atom stereocenters. The van der Waals surface area contributed by atoms with Gasteiger partial charge in [0.1, 0.15) is 0 Å². The summed E-state index contributed by atoms with van der Waals surface area (Å²) in [6, 6.07) is 7.14. The molecule has 0 aliphatic rings. The molecular weight excluding hydrogens is 214 g/mol. The third-order valence-electron chi connectivity index (χ3n) is 2.12. The van der Waals surface area contributed by atoms with Crippen molar-refractivity contribution in [2.45, 2.75) is 13.5 Å². The van der Waals surface area contributed by atoms with E-state index in [-0.39, 0.29) is 24.3 Å². The number of aliphatic hydroxyl groups excluding tert-OH is 1. The maximum absolute atomic E-state index is 11.5. The minimum atomic E-state index is -0.238. The molecule has 15 heavy (non-hydrogen) atoms. The number of para-hydroxylation sites is 1. The average molecular weight is 228 g/mol. The van der Waals surface area contributed by atoms with Crippen LogP contribution in [0.2, 0.25) is 0 Å². The molecule has 0 fully saturated rings. The molecule has 3 nitrogen and oxygen atoms in total. The van der Waals surface area contributed by atoms with Crippen LogP contribution in [0.3, 0.4) is 0 Å². The van der Waals surface area contributed by atoms with E-state index >= 15 is 0 Å². The largest absolute Gasteiger partial charge is 0.392 e. The molecule has 0 aliphatic heterocycles. The van der Waals surface area contributed by atoms with E-state index in [1.165, 1.54) is 0 Å². The second kappa shape index (κ2) is 5.73. The molecule has 0 spiro atoms. The summed E-state index contributed by atoms with van der Waals surface area (Å²) in [6.07, 6.45) is 0. The normalized spacial score (nSPS) is 12.2. The number of anilines is 1. The lowest BCUT2D eigenvalue weighted by Crippen LogP contribution is -2.22. The van der Waals surface area contributed by atoms with Gasteiger partial charge < -0.3 is 10.4 Å². The maximum atomic E-state index is 11.5. The Bertz CT molecular complexity index is 341. The number of nitrogens with one attached hydrogen (secondary N) is 1. The quantitative estimate of drug-likeness (QED) is 0.773.